The van der Waals surface area contributed by atoms with Crippen molar-refractivity contribution in [2.24, 2.45) is 5.73 Å². The van der Waals surface area contributed by atoms with Gasteiger partial charge in [-0.3, -0.25) is 4.79 Å². The third-order valence-corrected chi connectivity index (χ3v) is 3.42. The van der Waals surface area contributed by atoms with Crippen LogP contribution in [0.5, 0.6) is 0 Å². The Morgan fingerprint density at radius 2 is 2.11 bits per heavy atom. The van der Waals surface area contributed by atoms with Crippen molar-refractivity contribution in [1.29, 1.82) is 0 Å². The third-order valence-electron chi connectivity index (χ3n) is 3.42. The molecular formula is C15H20N2O. The van der Waals surface area contributed by atoms with Crippen LogP contribution < -0.4 is 5.73 Å². The Labute approximate surface area is 108 Å². The summed E-state index contributed by atoms with van der Waals surface area (Å²) in [6.45, 7) is 2.83. The van der Waals surface area contributed by atoms with Crippen molar-refractivity contribution >= 4 is 12.0 Å². The van der Waals surface area contributed by atoms with Gasteiger partial charge in [0.25, 0.3) is 0 Å². The summed E-state index contributed by atoms with van der Waals surface area (Å²) in [5.41, 5.74) is 6.94. The number of benzene rings is 1. The zero-order chi connectivity index (χ0) is 13.0. The molecule has 0 aliphatic carbocycles. The molecule has 3 nitrogen and oxygen atoms in total. The standard InChI is InChI=1S/C15H20N2O/c1-12-11-14(16)9-10-17(12)15(18)8-7-13-5-3-2-4-6-13/h2-8,12,14H,9-11,16H2,1H3/b8-7+. The fourth-order valence-corrected chi connectivity index (χ4v) is 2.36. The Hall–Kier alpha value is -1.61. The van der Waals surface area contributed by atoms with Crippen LogP contribution in [0.3, 0.4) is 0 Å². The molecule has 2 atom stereocenters. The van der Waals surface area contributed by atoms with Crippen molar-refractivity contribution < 1.29 is 4.79 Å². The number of rotatable bonds is 2. The molecule has 3 heteroatoms. The summed E-state index contributed by atoms with van der Waals surface area (Å²) in [7, 11) is 0. The van der Waals surface area contributed by atoms with Crippen molar-refractivity contribution in [3.63, 3.8) is 0 Å². The third kappa shape index (κ3) is 3.20. The number of hydrogen-bond donors (Lipinski definition) is 1. The fourth-order valence-electron chi connectivity index (χ4n) is 2.36. The lowest BCUT2D eigenvalue weighted by Crippen LogP contribution is -2.47. The minimum atomic E-state index is 0.0817. The Kier molecular flexibility index (Phi) is 4.15. The first-order chi connectivity index (χ1) is 8.66. The SMILES string of the molecule is CC1CC(N)CCN1C(=O)/C=C/c1ccccc1. The van der Waals surface area contributed by atoms with Gasteiger partial charge in [-0.1, -0.05) is 30.3 Å². The first kappa shape index (κ1) is 12.8. The molecule has 1 aromatic rings. The minimum absolute atomic E-state index is 0.0817. The molecule has 1 aliphatic rings. The van der Waals surface area contributed by atoms with Gasteiger partial charge in [-0.2, -0.15) is 0 Å². The highest BCUT2D eigenvalue weighted by Gasteiger charge is 2.25. The van der Waals surface area contributed by atoms with Crippen molar-refractivity contribution in [3.05, 3.63) is 42.0 Å². The van der Waals surface area contributed by atoms with Gasteiger partial charge in [-0.15, -0.1) is 0 Å². The summed E-state index contributed by atoms with van der Waals surface area (Å²) in [5, 5.41) is 0. The van der Waals surface area contributed by atoms with Gasteiger partial charge in [0, 0.05) is 24.7 Å². The van der Waals surface area contributed by atoms with Gasteiger partial charge < -0.3 is 10.6 Å². The number of likely N-dealkylation sites (tertiary alicyclic amines) is 1. The highest BCUT2D eigenvalue weighted by atomic mass is 16.2. The van der Waals surface area contributed by atoms with Gasteiger partial charge >= 0.3 is 0 Å². The van der Waals surface area contributed by atoms with Crippen LogP contribution in [-0.4, -0.2) is 29.4 Å². The second-order valence-corrected chi connectivity index (χ2v) is 4.91. The van der Waals surface area contributed by atoms with Gasteiger partial charge in [0.2, 0.25) is 5.91 Å². The lowest BCUT2D eigenvalue weighted by Gasteiger charge is -2.35. The van der Waals surface area contributed by atoms with E-state index in [1.807, 2.05) is 41.3 Å². The van der Waals surface area contributed by atoms with E-state index in [2.05, 4.69) is 6.92 Å². The molecule has 96 valence electrons. The number of carbonyl (C=O) groups excluding carboxylic acids is 1. The first-order valence-electron chi connectivity index (χ1n) is 6.46. The van der Waals surface area contributed by atoms with Crippen LogP contribution in [0, 0.1) is 0 Å². The van der Waals surface area contributed by atoms with E-state index in [4.69, 9.17) is 5.73 Å². The zero-order valence-electron chi connectivity index (χ0n) is 10.8. The van der Waals surface area contributed by atoms with E-state index in [1.165, 1.54) is 0 Å². The molecule has 0 radical (unpaired) electrons. The van der Waals surface area contributed by atoms with Crippen molar-refractivity contribution in [2.45, 2.75) is 31.8 Å². The molecule has 0 aromatic heterocycles. The van der Waals surface area contributed by atoms with Crippen LogP contribution in [0.2, 0.25) is 0 Å². The van der Waals surface area contributed by atoms with E-state index in [9.17, 15) is 4.79 Å². The van der Waals surface area contributed by atoms with Gasteiger partial charge in [-0.05, 0) is 31.4 Å². The van der Waals surface area contributed by atoms with E-state index in [0.717, 1.165) is 24.9 Å². The first-order valence-corrected chi connectivity index (χ1v) is 6.46. The monoisotopic (exact) mass is 244 g/mol. The smallest absolute Gasteiger partial charge is 0.246 e. The van der Waals surface area contributed by atoms with Crippen LogP contribution in [-0.2, 0) is 4.79 Å². The summed E-state index contributed by atoms with van der Waals surface area (Å²) in [6, 6.07) is 10.3. The topological polar surface area (TPSA) is 46.3 Å². The predicted octanol–water partition coefficient (Wildman–Crippen LogP) is 2.04. The minimum Gasteiger partial charge on any atom is -0.336 e. The lowest BCUT2D eigenvalue weighted by molar-refractivity contribution is -0.129. The maximum absolute atomic E-state index is 12.1. The van der Waals surface area contributed by atoms with E-state index < -0.39 is 0 Å². The second kappa shape index (κ2) is 5.83. The molecule has 1 amide bonds. The van der Waals surface area contributed by atoms with Crippen molar-refractivity contribution in [2.75, 3.05) is 6.54 Å². The molecule has 2 N–H and O–H groups in total. The summed E-state index contributed by atoms with van der Waals surface area (Å²) in [5.74, 6) is 0.0817. The molecular weight excluding hydrogens is 224 g/mol. The van der Waals surface area contributed by atoms with Crippen LogP contribution in [0.1, 0.15) is 25.3 Å². The molecule has 2 unspecified atom stereocenters. The molecule has 1 fully saturated rings. The summed E-state index contributed by atoms with van der Waals surface area (Å²) >= 11 is 0. The van der Waals surface area contributed by atoms with Gasteiger partial charge in [0.05, 0.1) is 0 Å². The molecule has 0 spiro atoms. The number of hydrogen-bond acceptors (Lipinski definition) is 2. The van der Waals surface area contributed by atoms with Crippen LogP contribution in [0.4, 0.5) is 0 Å². The molecule has 18 heavy (non-hydrogen) atoms. The maximum Gasteiger partial charge on any atom is 0.246 e. The highest BCUT2D eigenvalue weighted by molar-refractivity contribution is 5.92. The van der Waals surface area contributed by atoms with Crippen LogP contribution in [0.25, 0.3) is 6.08 Å². The van der Waals surface area contributed by atoms with Crippen molar-refractivity contribution in [1.82, 2.24) is 4.90 Å². The quantitative estimate of drug-likeness (QED) is 0.809. The normalized spacial score (nSPS) is 24.4. The largest absolute Gasteiger partial charge is 0.336 e. The summed E-state index contributed by atoms with van der Waals surface area (Å²) < 4.78 is 0. The van der Waals surface area contributed by atoms with Crippen molar-refractivity contribution in [3.8, 4) is 0 Å². The van der Waals surface area contributed by atoms with Gasteiger partial charge in [0.15, 0.2) is 0 Å². The van der Waals surface area contributed by atoms with Gasteiger partial charge in [0.1, 0.15) is 0 Å². The Bertz CT molecular complexity index is 427. The zero-order valence-corrected chi connectivity index (χ0v) is 10.8. The summed E-state index contributed by atoms with van der Waals surface area (Å²) in [6.07, 6.45) is 5.31. The number of nitrogens with two attached hydrogens (primary N) is 1. The Balaban J connectivity index is 1.98. The molecule has 1 aromatic carbocycles. The number of carbonyl (C=O) groups is 1. The van der Waals surface area contributed by atoms with E-state index in [1.54, 1.807) is 6.08 Å². The van der Waals surface area contributed by atoms with Gasteiger partial charge in [-0.25, -0.2) is 0 Å². The Morgan fingerprint density at radius 1 is 1.39 bits per heavy atom. The predicted molar refractivity (Wildman–Crippen MR) is 73.9 cm³/mol. The van der Waals surface area contributed by atoms with E-state index >= 15 is 0 Å². The number of nitrogens with zero attached hydrogens (tertiary/aromatic N) is 1. The fraction of sp³-hybridized carbons (Fsp3) is 0.400. The number of amides is 1. The average molecular weight is 244 g/mol. The molecule has 1 aliphatic heterocycles. The molecule has 1 saturated heterocycles. The average Bonchev–Trinajstić information content (AvgIpc) is 2.37. The van der Waals surface area contributed by atoms with Crippen LogP contribution >= 0.6 is 0 Å². The maximum atomic E-state index is 12.1. The van der Waals surface area contributed by atoms with E-state index in [-0.39, 0.29) is 18.0 Å². The molecule has 2 rings (SSSR count). The summed E-state index contributed by atoms with van der Waals surface area (Å²) in [4.78, 5) is 14.0. The highest BCUT2D eigenvalue weighted by Crippen LogP contribution is 2.16. The lowest BCUT2D eigenvalue weighted by atomic mass is 9.99. The number of piperidine rings is 1. The Morgan fingerprint density at radius 3 is 2.78 bits per heavy atom. The second-order valence-electron chi connectivity index (χ2n) is 4.91. The molecule has 1 heterocycles. The molecule has 0 saturated carbocycles. The molecule has 0 bridgehead atoms. The van der Waals surface area contributed by atoms with Crippen LogP contribution in [0.15, 0.2) is 36.4 Å². The van der Waals surface area contributed by atoms with E-state index in [0.29, 0.717) is 0 Å².